The molecule has 0 saturated carbocycles. The Labute approximate surface area is 52.6 Å². The molecule has 0 amide bonds. The molecule has 44 valence electrons. The van der Waals surface area contributed by atoms with Gasteiger partial charge in [0, 0.05) is 0 Å². The molecule has 8 heavy (non-hydrogen) atoms. The average molecular weight is 110 g/mol. The van der Waals surface area contributed by atoms with Crippen molar-refractivity contribution in [3.05, 3.63) is 11.4 Å². The van der Waals surface area contributed by atoms with Crippen LogP contribution in [0.3, 0.4) is 0 Å². The maximum absolute atomic E-state index is 8.76. The highest BCUT2D eigenvalue weighted by Crippen LogP contribution is 1.91. The Morgan fingerprint density at radius 3 is 2.38 bits per heavy atom. The van der Waals surface area contributed by atoms with E-state index in [1.165, 1.54) is 5.37 Å². The van der Waals surface area contributed by atoms with Crippen molar-refractivity contribution in [2.75, 3.05) is 0 Å². The SMILES string of the molecule is BC(B)=CC[C@H](C)O. The standard InChI is InChI=1S/C5H12B2O/c1-4(8)2-3-5(6)7/h3-4,8H,2,6-7H2,1H3/t4-/m0/s1. The molecule has 0 aromatic rings. The second-order valence-corrected chi connectivity index (χ2v) is 2.37. The van der Waals surface area contributed by atoms with Gasteiger partial charge in [-0.05, 0) is 13.3 Å². The number of hydrogen-bond donors (Lipinski definition) is 1. The third-order valence-electron chi connectivity index (χ3n) is 0.867. The predicted molar refractivity (Wildman–Crippen MR) is 41.5 cm³/mol. The van der Waals surface area contributed by atoms with E-state index in [1.54, 1.807) is 6.92 Å². The molecule has 0 bridgehead atoms. The fourth-order valence-corrected chi connectivity index (χ4v) is 0.406. The van der Waals surface area contributed by atoms with E-state index in [-0.39, 0.29) is 6.10 Å². The zero-order chi connectivity index (χ0) is 6.57. The summed E-state index contributed by atoms with van der Waals surface area (Å²) in [7, 11) is 4.06. The summed E-state index contributed by atoms with van der Waals surface area (Å²) >= 11 is 0. The minimum atomic E-state index is -0.190. The van der Waals surface area contributed by atoms with Crippen molar-refractivity contribution in [2.24, 2.45) is 0 Å². The van der Waals surface area contributed by atoms with Gasteiger partial charge in [-0.2, -0.15) is 0 Å². The fourth-order valence-electron chi connectivity index (χ4n) is 0.406. The lowest BCUT2D eigenvalue weighted by Crippen LogP contribution is -1.96. The Hall–Kier alpha value is -0.170. The Morgan fingerprint density at radius 2 is 2.25 bits per heavy atom. The van der Waals surface area contributed by atoms with Gasteiger partial charge in [0.25, 0.3) is 0 Å². The second-order valence-electron chi connectivity index (χ2n) is 2.37. The molecule has 0 saturated heterocycles. The van der Waals surface area contributed by atoms with Crippen molar-refractivity contribution in [1.82, 2.24) is 0 Å². The molecule has 0 fully saturated rings. The van der Waals surface area contributed by atoms with Crippen molar-refractivity contribution >= 4 is 15.7 Å². The van der Waals surface area contributed by atoms with Crippen molar-refractivity contribution in [3.8, 4) is 0 Å². The van der Waals surface area contributed by atoms with Crippen LogP contribution < -0.4 is 0 Å². The van der Waals surface area contributed by atoms with Crippen LogP contribution in [0, 0.1) is 0 Å². The van der Waals surface area contributed by atoms with E-state index < -0.39 is 0 Å². The van der Waals surface area contributed by atoms with E-state index in [4.69, 9.17) is 5.11 Å². The molecule has 0 radical (unpaired) electrons. The van der Waals surface area contributed by atoms with Crippen LogP contribution in [0.15, 0.2) is 11.4 Å². The van der Waals surface area contributed by atoms with Crippen LogP contribution in [-0.2, 0) is 0 Å². The number of rotatable bonds is 2. The maximum atomic E-state index is 8.76. The Balaban J connectivity index is 3.29. The summed E-state index contributed by atoms with van der Waals surface area (Å²) < 4.78 is 0. The van der Waals surface area contributed by atoms with Gasteiger partial charge in [0.15, 0.2) is 0 Å². The number of hydrogen-bond acceptors (Lipinski definition) is 1. The molecule has 0 aliphatic rings. The van der Waals surface area contributed by atoms with E-state index in [0.29, 0.717) is 0 Å². The lowest BCUT2D eigenvalue weighted by Gasteiger charge is -1.96. The van der Waals surface area contributed by atoms with Crippen LogP contribution in [-0.4, -0.2) is 26.9 Å². The van der Waals surface area contributed by atoms with Crippen molar-refractivity contribution in [3.63, 3.8) is 0 Å². The highest BCUT2D eigenvalue weighted by Gasteiger charge is 1.88. The molecule has 0 spiro atoms. The first-order chi connectivity index (χ1) is 3.63. The van der Waals surface area contributed by atoms with E-state index in [2.05, 4.69) is 0 Å². The lowest BCUT2D eigenvalue weighted by atomic mass is 9.78. The Bertz CT molecular complexity index is 84.4. The molecular formula is C5H12B2O. The summed E-state index contributed by atoms with van der Waals surface area (Å²) in [5.74, 6) is 0. The Morgan fingerprint density at radius 1 is 1.75 bits per heavy atom. The highest BCUT2D eigenvalue weighted by atomic mass is 16.3. The molecule has 1 N–H and O–H groups in total. The van der Waals surface area contributed by atoms with Gasteiger partial charge in [0.1, 0.15) is 15.7 Å². The summed E-state index contributed by atoms with van der Waals surface area (Å²) in [6, 6.07) is 0. The third kappa shape index (κ3) is 5.83. The summed E-state index contributed by atoms with van der Waals surface area (Å²) in [6.45, 7) is 1.79. The van der Waals surface area contributed by atoms with Crippen LogP contribution in [0.5, 0.6) is 0 Å². The van der Waals surface area contributed by atoms with Gasteiger partial charge in [0.05, 0.1) is 6.10 Å². The molecule has 0 unspecified atom stereocenters. The van der Waals surface area contributed by atoms with Gasteiger partial charge in [-0.25, -0.2) is 0 Å². The van der Waals surface area contributed by atoms with Crippen LogP contribution in [0.1, 0.15) is 13.3 Å². The first kappa shape index (κ1) is 7.83. The monoisotopic (exact) mass is 110 g/mol. The molecule has 0 rings (SSSR count). The molecule has 1 nitrogen and oxygen atoms in total. The molecule has 0 aliphatic carbocycles. The normalized spacial score (nSPS) is 12.8. The molecule has 0 heterocycles. The molecular weight excluding hydrogens is 97.7 g/mol. The van der Waals surface area contributed by atoms with E-state index in [0.717, 1.165) is 6.42 Å². The largest absolute Gasteiger partial charge is 0.393 e. The quantitative estimate of drug-likeness (QED) is 0.445. The maximum Gasteiger partial charge on any atom is 0.121 e. The van der Waals surface area contributed by atoms with Crippen LogP contribution >= 0.6 is 0 Å². The smallest absolute Gasteiger partial charge is 0.121 e. The topological polar surface area (TPSA) is 20.2 Å². The second kappa shape index (κ2) is 3.79. The van der Waals surface area contributed by atoms with Crippen LogP contribution in [0.25, 0.3) is 0 Å². The number of aliphatic hydroxyl groups excluding tert-OH is 1. The molecule has 0 aliphatic heterocycles. The summed E-state index contributed by atoms with van der Waals surface area (Å²) in [5.41, 5.74) is 0. The van der Waals surface area contributed by atoms with Crippen molar-refractivity contribution < 1.29 is 5.11 Å². The van der Waals surface area contributed by atoms with Gasteiger partial charge < -0.3 is 5.11 Å². The Kier molecular flexibility index (Phi) is 3.71. The van der Waals surface area contributed by atoms with E-state index in [1.807, 2.05) is 21.8 Å². The van der Waals surface area contributed by atoms with Crippen LogP contribution in [0.4, 0.5) is 0 Å². The van der Waals surface area contributed by atoms with Crippen molar-refractivity contribution in [2.45, 2.75) is 19.4 Å². The fraction of sp³-hybridized carbons (Fsp3) is 0.600. The highest BCUT2D eigenvalue weighted by molar-refractivity contribution is 6.48. The summed E-state index contributed by atoms with van der Waals surface area (Å²) in [4.78, 5) is 0. The van der Waals surface area contributed by atoms with Gasteiger partial charge in [-0.1, -0.05) is 0 Å². The minimum Gasteiger partial charge on any atom is -0.393 e. The molecule has 3 heteroatoms. The molecule has 0 aromatic carbocycles. The summed E-state index contributed by atoms with van der Waals surface area (Å²) in [5, 5.41) is 10.0. The molecule has 0 aromatic heterocycles. The number of aliphatic hydroxyl groups is 1. The predicted octanol–water partition coefficient (Wildman–Crippen LogP) is -1.14. The first-order valence-electron chi connectivity index (χ1n) is 2.94. The molecule has 1 atom stereocenters. The van der Waals surface area contributed by atoms with Gasteiger partial charge >= 0.3 is 0 Å². The van der Waals surface area contributed by atoms with Gasteiger partial charge in [-0.3, -0.25) is 0 Å². The zero-order valence-corrected chi connectivity index (χ0v) is 5.81. The third-order valence-corrected chi connectivity index (χ3v) is 0.867. The minimum absolute atomic E-state index is 0.190. The first-order valence-corrected chi connectivity index (χ1v) is 2.94. The zero-order valence-electron chi connectivity index (χ0n) is 5.81. The van der Waals surface area contributed by atoms with Crippen LogP contribution in [0.2, 0.25) is 0 Å². The summed E-state index contributed by atoms with van der Waals surface area (Å²) in [6.07, 6.45) is 2.62. The average Bonchev–Trinajstić information content (AvgIpc) is 1.61. The van der Waals surface area contributed by atoms with Gasteiger partial charge in [-0.15, -0.1) is 11.4 Å². The van der Waals surface area contributed by atoms with Crippen molar-refractivity contribution in [1.29, 1.82) is 0 Å². The van der Waals surface area contributed by atoms with E-state index >= 15 is 0 Å². The van der Waals surface area contributed by atoms with E-state index in [9.17, 15) is 0 Å². The van der Waals surface area contributed by atoms with Gasteiger partial charge in [0.2, 0.25) is 0 Å². The lowest BCUT2D eigenvalue weighted by molar-refractivity contribution is 0.198.